The average molecular weight is 661 g/mol. The number of aryl methyl sites for hydroxylation is 1. The Bertz CT molecular complexity index is 1680. The number of carbonyl (C=O) groups excluding carboxylic acids is 1. The van der Waals surface area contributed by atoms with Crippen molar-refractivity contribution in [2.75, 3.05) is 0 Å². The van der Waals surface area contributed by atoms with Crippen LogP contribution in [0.5, 0.6) is 0 Å². The molecule has 0 N–H and O–H groups in total. The van der Waals surface area contributed by atoms with Crippen molar-refractivity contribution in [3.8, 4) is 0 Å². The topological polar surface area (TPSA) is 17.1 Å². The number of rotatable bonds is 9. The van der Waals surface area contributed by atoms with Crippen LogP contribution < -0.4 is 0 Å². The largest absolute Gasteiger partial charge is 0.294 e. The van der Waals surface area contributed by atoms with E-state index in [1.807, 2.05) is 19.1 Å². The number of thioether (sulfide) groups is 1. The molecule has 1 nitrogen and oxygen atoms in total. The minimum atomic E-state index is -0.269. The van der Waals surface area contributed by atoms with E-state index >= 15 is 0 Å². The van der Waals surface area contributed by atoms with E-state index in [1.165, 1.54) is 71.3 Å². The minimum Gasteiger partial charge on any atom is -0.294 e. The fraction of sp³-hybridized carbons (Fsp3) is 0.364. The molecule has 1 fully saturated rings. The van der Waals surface area contributed by atoms with E-state index in [9.17, 15) is 4.79 Å². The first-order valence-corrected chi connectivity index (χ1v) is 18.6. The molecule has 0 amide bonds. The molecular formula is C44H49ClOS. The van der Waals surface area contributed by atoms with Crippen LogP contribution in [0.15, 0.2) is 140 Å². The predicted octanol–water partition coefficient (Wildman–Crippen LogP) is 12.8. The summed E-state index contributed by atoms with van der Waals surface area (Å²) in [5.74, 6) is 0.335. The fourth-order valence-corrected chi connectivity index (χ4v) is 7.98. The molecule has 1 saturated carbocycles. The first-order chi connectivity index (χ1) is 22.7. The van der Waals surface area contributed by atoms with Crippen LogP contribution in [0.4, 0.5) is 0 Å². The van der Waals surface area contributed by atoms with Gasteiger partial charge in [-0.05, 0) is 152 Å². The highest BCUT2D eigenvalue weighted by atomic mass is 35.5. The lowest BCUT2D eigenvalue weighted by molar-refractivity contribution is -0.115. The van der Waals surface area contributed by atoms with Crippen molar-refractivity contribution in [3.05, 3.63) is 151 Å². The van der Waals surface area contributed by atoms with Gasteiger partial charge in [0.15, 0.2) is 5.78 Å². The minimum absolute atomic E-state index is 0.161. The van der Waals surface area contributed by atoms with Gasteiger partial charge in [0.05, 0.1) is 5.38 Å². The molecule has 0 aliphatic heterocycles. The fourth-order valence-electron chi connectivity index (χ4n) is 6.84. The van der Waals surface area contributed by atoms with Crippen LogP contribution in [0.1, 0.15) is 96.1 Å². The molecule has 244 valence electrons. The van der Waals surface area contributed by atoms with E-state index < -0.39 is 0 Å². The Hall–Kier alpha value is -3.29. The number of alkyl halides is 1. The second-order valence-corrected chi connectivity index (χ2v) is 15.1. The van der Waals surface area contributed by atoms with Gasteiger partial charge in [-0.1, -0.05) is 91.6 Å². The molecule has 5 rings (SSSR count). The molecule has 0 aromatic heterocycles. The van der Waals surface area contributed by atoms with Gasteiger partial charge in [-0.3, -0.25) is 4.79 Å². The molecule has 1 aromatic rings. The van der Waals surface area contributed by atoms with Gasteiger partial charge in [-0.25, -0.2) is 0 Å². The number of hydrogen-bond acceptors (Lipinski definition) is 2. The molecule has 2 atom stereocenters. The van der Waals surface area contributed by atoms with Crippen molar-refractivity contribution in [1.29, 1.82) is 0 Å². The van der Waals surface area contributed by atoms with E-state index in [0.717, 1.165) is 46.5 Å². The smallest absolute Gasteiger partial charge is 0.163 e. The first-order valence-electron chi connectivity index (χ1n) is 17.4. The Morgan fingerprint density at radius 2 is 1.74 bits per heavy atom. The molecular weight excluding hydrogens is 612 g/mol. The maximum Gasteiger partial charge on any atom is 0.163 e. The van der Waals surface area contributed by atoms with E-state index in [0.29, 0.717) is 12.8 Å². The summed E-state index contributed by atoms with van der Waals surface area (Å²) in [6.07, 6.45) is 28.2. The number of Topliss-reactive ketones (excluding diaryl/α,β-unsaturated/α-hetero) is 1. The monoisotopic (exact) mass is 660 g/mol. The number of ketones is 1. The number of fused-ring (bicyclic) bond motifs is 1. The van der Waals surface area contributed by atoms with Crippen molar-refractivity contribution >= 4 is 35.2 Å². The van der Waals surface area contributed by atoms with Gasteiger partial charge in [0.2, 0.25) is 0 Å². The van der Waals surface area contributed by atoms with E-state index in [2.05, 4.69) is 93.5 Å². The third kappa shape index (κ3) is 9.41. The van der Waals surface area contributed by atoms with Gasteiger partial charge in [0.1, 0.15) is 0 Å². The second kappa shape index (κ2) is 16.7. The Labute approximate surface area is 292 Å². The quantitative estimate of drug-likeness (QED) is 0.149. The predicted molar refractivity (Wildman–Crippen MR) is 205 cm³/mol. The summed E-state index contributed by atoms with van der Waals surface area (Å²) >= 11 is 8.66. The zero-order valence-corrected chi connectivity index (χ0v) is 30.0. The first kappa shape index (κ1) is 35.0. The van der Waals surface area contributed by atoms with Crippen LogP contribution in [0.2, 0.25) is 0 Å². The molecule has 4 aliphatic rings. The van der Waals surface area contributed by atoms with Gasteiger partial charge in [0.25, 0.3) is 0 Å². The Balaban J connectivity index is 1.29. The molecule has 0 heterocycles. The molecule has 0 bridgehead atoms. The van der Waals surface area contributed by atoms with Crippen LogP contribution in [-0.2, 0) is 11.2 Å². The number of halogens is 1. The number of benzene rings is 1. The molecule has 0 saturated heterocycles. The summed E-state index contributed by atoms with van der Waals surface area (Å²) in [6.45, 7) is 14.8. The Kier molecular flexibility index (Phi) is 12.4. The van der Waals surface area contributed by atoms with Gasteiger partial charge in [-0.15, -0.1) is 17.3 Å². The summed E-state index contributed by atoms with van der Waals surface area (Å²) < 4.78 is 0. The maximum absolute atomic E-state index is 13.7. The average Bonchev–Trinajstić information content (AvgIpc) is 3.33. The maximum atomic E-state index is 13.7. The highest BCUT2D eigenvalue weighted by molar-refractivity contribution is 8.06. The van der Waals surface area contributed by atoms with Crippen LogP contribution in [0.3, 0.4) is 0 Å². The van der Waals surface area contributed by atoms with Gasteiger partial charge in [-0.2, -0.15) is 0 Å². The van der Waals surface area contributed by atoms with Crippen LogP contribution in [0.25, 0.3) is 6.08 Å². The van der Waals surface area contributed by atoms with Crippen LogP contribution in [-0.4, -0.2) is 11.2 Å². The molecule has 0 radical (unpaired) electrons. The highest BCUT2D eigenvalue weighted by Crippen LogP contribution is 2.41. The van der Waals surface area contributed by atoms with E-state index in [1.54, 1.807) is 17.3 Å². The Morgan fingerprint density at radius 3 is 2.43 bits per heavy atom. The summed E-state index contributed by atoms with van der Waals surface area (Å²) in [5, 5.41) is -0.269. The van der Waals surface area contributed by atoms with Crippen molar-refractivity contribution in [2.45, 2.75) is 96.8 Å². The Morgan fingerprint density at radius 1 is 1.00 bits per heavy atom. The molecule has 3 heteroatoms. The van der Waals surface area contributed by atoms with E-state index in [4.69, 9.17) is 11.6 Å². The van der Waals surface area contributed by atoms with Crippen molar-refractivity contribution in [3.63, 3.8) is 0 Å². The highest BCUT2D eigenvalue weighted by Gasteiger charge is 2.31. The SMILES string of the molecule is C=C1CCCC(=Cc2ccc(CCC3=C=CC=C4C=C(C5=CC=C(C(=C)SC(C)=CC)CC5Cl)C(=O)CC(CC)C4=C3)cc2)CCC1. The van der Waals surface area contributed by atoms with Crippen LogP contribution >= 0.6 is 23.4 Å². The molecule has 4 aliphatic carbocycles. The standard InChI is InChI=1S/C44H49ClOS/c1-6-31(4)47-32(5)38-23-24-40(43(45)28-38)42-27-39-16-10-15-35(26-41(39)37(7-2)29-44(42)46)20-17-33-18-21-36(22-19-33)25-34-13-8-11-30(3)12-9-14-34/h6,10,16,18-19,21-27,37,43H,3,5,7-9,11-14,17,20,28-29H2,1-2,4H3. The lowest BCUT2D eigenvalue weighted by atomic mass is 9.86. The van der Waals surface area contributed by atoms with E-state index in [-0.39, 0.29) is 17.1 Å². The molecule has 1 aromatic carbocycles. The third-order valence-corrected chi connectivity index (χ3v) is 11.3. The van der Waals surface area contributed by atoms with Crippen molar-refractivity contribution in [2.24, 2.45) is 5.92 Å². The normalized spacial score (nSPS) is 22.3. The van der Waals surface area contributed by atoms with Crippen molar-refractivity contribution in [1.82, 2.24) is 0 Å². The molecule has 47 heavy (non-hydrogen) atoms. The van der Waals surface area contributed by atoms with Crippen molar-refractivity contribution < 1.29 is 4.79 Å². The third-order valence-electron chi connectivity index (χ3n) is 9.81. The number of allylic oxidation sites excluding steroid dienone is 15. The lowest BCUT2D eigenvalue weighted by Crippen LogP contribution is -2.17. The van der Waals surface area contributed by atoms with Gasteiger partial charge in [0, 0.05) is 16.9 Å². The molecule has 0 spiro atoms. The summed E-state index contributed by atoms with van der Waals surface area (Å²) in [4.78, 5) is 16.0. The molecule has 2 unspecified atom stereocenters. The number of carbonyl (C=O) groups is 1. The number of hydrogen-bond donors (Lipinski definition) is 0. The summed E-state index contributed by atoms with van der Waals surface area (Å²) in [5.41, 5.74) is 15.5. The zero-order chi connectivity index (χ0) is 33.3. The lowest BCUT2D eigenvalue weighted by Gasteiger charge is -2.22. The van der Waals surface area contributed by atoms with Crippen LogP contribution in [0, 0.1) is 5.92 Å². The van der Waals surface area contributed by atoms with Gasteiger partial charge < -0.3 is 0 Å². The second-order valence-electron chi connectivity index (χ2n) is 13.3. The zero-order valence-electron chi connectivity index (χ0n) is 28.5. The summed E-state index contributed by atoms with van der Waals surface area (Å²) in [7, 11) is 0. The van der Waals surface area contributed by atoms with Gasteiger partial charge >= 0.3 is 0 Å². The summed E-state index contributed by atoms with van der Waals surface area (Å²) in [6, 6.07) is 9.09.